The number of anilines is 2. The van der Waals surface area contributed by atoms with E-state index in [0.29, 0.717) is 12.2 Å². The lowest BCUT2D eigenvalue weighted by molar-refractivity contribution is -0.126. The number of nitrogens with zero attached hydrogens (tertiary/aromatic N) is 2. The van der Waals surface area contributed by atoms with Crippen LogP contribution < -0.4 is 20.9 Å². The van der Waals surface area contributed by atoms with Crippen LogP contribution in [0.15, 0.2) is 60.7 Å². The predicted molar refractivity (Wildman–Crippen MR) is 125 cm³/mol. The highest BCUT2D eigenvalue weighted by Gasteiger charge is 2.30. The van der Waals surface area contributed by atoms with Crippen molar-refractivity contribution in [1.82, 2.24) is 15.5 Å². The van der Waals surface area contributed by atoms with Gasteiger partial charge in [-0.25, -0.2) is 4.79 Å². The Morgan fingerprint density at radius 2 is 1.52 bits per heavy atom. The molecule has 0 saturated carbocycles. The van der Waals surface area contributed by atoms with Gasteiger partial charge in [0, 0.05) is 50.1 Å². The van der Waals surface area contributed by atoms with Crippen LogP contribution in [0.4, 0.5) is 16.2 Å². The molecule has 7 heteroatoms. The Hall–Kier alpha value is -3.06. The van der Waals surface area contributed by atoms with Gasteiger partial charge in [-0.15, -0.1) is 0 Å². The quantitative estimate of drug-likeness (QED) is 0.640. The number of carbonyl (C=O) groups is 2. The summed E-state index contributed by atoms with van der Waals surface area (Å²) >= 11 is 0. The van der Waals surface area contributed by atoms with Crippen LogP contribution >= 0.6 is 0 Å². The Kier molecular flexibility index (Phi) is 7.52. The fraction of sp³-hybridized carbons (Fsp3) is 0.417. The first-order valence-electron chi connectivity index (χ1n) is 10.8. The minimum atomic E-state index is -1.02. The molecule has 0 unspecified atom stereocenters. The predicted octanol–water partition coefficient (Wildman–Crippen LogP) is 2.91. The Bertz CT molecular complexity index is 849. The average molecular weight is 424 g/mol. The van der Waals surface area contributed by atoms with Crippen molar-refractivity contribution in [1.29, 1.82) is 0 Å². The molecule has 0 bridgehead atoms. The van der Waals surface area contributed by atoms with Crippen LogP contribution in [0.2, 0.25) is 0 Å². The molecule has 1 fully saturated rings. The van der Waals surface area contributed by atoms with E-state index in [2.05, 4.69) is 56.9 Å². The average Bonchev–Trinajstić information content (AvgIpc) is 2.78. The first kappa shape index (κ1) is 22.6. The summed E-state index contributed by atoms with van der Waals surface area (Å²) in [4.78, 5) is 29.7. The van der Waals surface area contributed by atoms with E-state index in [1.54, 1.807) is 26.0 Å². The smallest absolute Gasteiger partial charge is 0.320 e. The molecule has 7 nitrogen and oxygen atoms in total. The number of amides is 3. The van der Waals surface area contributed by atoms with Gasteiger partial charge in [-0.05, 0) is 45.0 Å². The third-order valence-electron chi connectivity index (χ3n) is 5.64. The Morgan fingerprint density at radius 3 is 2.13 bits per heavy atom. The van der Waals surface area contributed by atoms with E-state index in [-0.39, 0.29) is 11.9 Å². The molecule has 0 spiro atoms. The van der Waals surface area contributed by atoms with Crippen LogP contribution in [0.25, 0.3) is 0 Å². The largest absolute Gasteiger partial charge is 0.369 e. The summed E-state index contributed by atoms with van der Waals surface area (Å²) < 4.78 is 0. The highest BCUT2D eigenvalue weighted by Crippen LogP contribution is 2.16. The van der Waals surface area contributed by atoms with Crippen LogP contribution in [-0.2, 0) is 4.79 Å². The number of piperazine rings is 1. The summed E-state index contributed by atoms with van der Waals surface area (Å²) in [5.41, 5.74) is 0.911. The van der Waals surface area contributed by atoms with Crippen LogP contribution in [0.5, 0.6) is 0 Å². The first-order valence-corrected chi connectivity index (χ1v) is 10.8. The topological polar surface area (TPSA) is 76.7 Å². The van der Waals surface area contributed by atoms with Gasteiger partial charge in [0.15, 0.2) is 0 Å². The van der Waals surface area contributed by atoms with Gasteiger partial charge < -0.3 is 20.9 Å². The standard InChI is InChI=1S/C24H33N5O2/c1-19(28-14-16-29(17-15-28)21-12-8-5-9-13-21)18-25-22(30)24(2,3)27-23(31)26-20-10-6-4-7-11-20/h4-13,19H,14-18H2,1-3H3,(H,25,30)(H2,26,27,31)/t19-/m1/s1. The van der Waals surface area contributed by atoms with Gasteiger partial charge in [-0.3, -0.25) is 9.69 Å². The molecule has 31 heavy (non-hydrogen) atoms. The first-order chi connectivity index (χ1) is 14.8. The van der Waals surface area contributed by atoms with E-state index < -0.39 is 11.6 Å². The van der Waals surface area contributed by atoms with Crippen molar-refractivity contribution in [3.8, 4) is 0 Å². The van der Waals surface area contributed by atoms with Crippen molar-refractivity contribution in [2.45, 2.75) is 32.4 Å². The van der Waals surface area contributed by atoms with Crippen LogP contribution in [0.3, 0.4) is 0 Å². The second-order valence-corrected chi connectivity index (χ2v) is 8.49. The van der Waals surface area contributed by atoms with Crippen molar-refractivity contribution in [3.05, 3.63) is 60.7 Å². The summed E-state index contributed by atoms with van der Waals surface area (Å²) in [5.74, 6) is -0.203. The highest BCUT2D eigenvalue weighted by atomic mass is 16.2. The number of rotatable bonds is 7. The van der Waals surface area contributed by atoms with Gasteiger partial charge in [-0.2, -0.15) is 0 Å². The van der Waals surface area contributed by atoms with Gasteiger partial charge in [-0.1, -0.05) is 36.4 Å². The Morgan fingerprint density at radius 1 is 0.935 bits per heavy atom. The summed E-state index contributed by atoms with van der Waals surface area (Å²) in [6.45, 7) is 9.91. The molecule has 1 heterocycles. The maximum absolute atomic E-state index is 12.7. The Labute approximate surface area is 184 Å². The third-order valence-corrected chi connectivity index (χ3v) is 5.64. The molecular formula is C24H33N5O2. The van der Waals surface area contributed by atoms with E-state index in [0.717, 1.165) is 26.2 Å². The number of nitrogens with one attached hydrogen (secondary N) is 3. The normalized spacial score (nSPS) is 15.8. The van der Waals surface area contributed by atoms with Crippen LogP contribution in [0.1, 0.15) is 20.8 Å². The van der Waals surface area contributed by atoms with E-state index in [1.807, 2.05) is 24.3 Å². The van der Waals surface area contributed by atoms with Gasteiger partial charge in [0.1, 0.15) is 5.54 Å². The second kappa shape index (κ2) is 10.3. The molecule has 1 aliphatic rings. The highest BCUT2D eigenvalue weighted by molar-refractivity contribution is 5.95. The number of hydrogen-bond donors (Lipinski definition) is 3. The maximum Gasteiger partial charge on any atom is 0.320 e. The van der Waals surface area contributed by atoms with E-state index in [9.17, 15) is 9.59 Å². The molecule has 1 saturated heterocycles. The van der Waals surface area contributed by atoms with Crippen molar-refractivity contribution in [2.24, 2.45) is 0 Å². The van der Waals surface area contributed by atoms with E-state index in [1.165, 1.54) is 5.69 Å². The lowest BCUT2D eigenvalue weighted by Gasteiger charge is -2.39. The maximum atomic E-state index is 12.7. The fourth-order valence-corrected chi connectivity index (χ4v) is 3.67. The van der Waals surface area contributed by atoms with Crippen molar-refractivity contribution in [2.75, 3.05) is 42.9 Å². The molecule has 0 radical (unpaired) electrons. The molecule has 166 valence electrons. The summed E-state index contributed by atoms with van der Waals surface area (Å²) in [6, 6.07) is 19.4. The zero-order valence-corrected chi connectivity index (χ0v) is 18.6. The Balaban J connectivity index is 1.42. The van der Waals surface area contributed by atoms with E-state index >= 15 is 0 Å². The molecule has 2 aromatic rings. The number of benzene rings is 2. The monoisotopic (exact) mass is 423 g/mol. The SMILES string of the molecule is C[C@H](CNC(=O)C(C)(C)NC(=O)Nc1ccccc1)N1CCN(c2ccccc2)CC1. The number of para-hydroxylation sites is 2. The molecule has 1 atom stereocenters. The molecule has 2 aromatic carbocycles. The molecule has 1 aliphatic heterocycles. The van der Waals surface area contributed by atoms with Crippen LogP contribution in [-0.4, -0.2) is 61.1 Å². The molecule has 3 N–H and O–H groups in total. The second-order valence-electron chi connectivity index (χ2n) is 8.49. The zero-order chi connectivity index (χ0) is 22.3. The molecule has 0 aromatic heterocycles. The van der Waals surface area contributed by atoms with Crippen LogP contribution in [0, 0.1) is 0 Å². The number of hydrogen-bond acceptors (Lipinski definition) is 4. The van der Waals surface area contributed by atoms with Crippen molar-refractivity contribution in [3.63, 3.8) is 0 Å². The lowest BCUT2D eigenvalue weighted by Crippen LogP contribution is -2.58. The molecule has 0 aliphatic carbocycles. The minimum absolute atomic E-state index is 0.203. The summed E-state index contributed by atoms with van der Waals surface area (Å²) in [6.07, 6.45) is 0. The molecule has 3 rings (SSSR count). The number of urea groups is 1. The number of carbonyl (C=O) groups excluding carboxylic acids is 2. The van der Waals surface area contributed by atoms with Crippen molar-refractivity contribution < 1.29 is 9.59 Å². The lowest BCUT2D eigenvalue weighted by atomic mass is 10.0. The summed E-state index contributed by atoms with van der Waals surface area (Å²) in [7, 11) is 0. The summed E-state index contributed by atoms with van der Waals surface area (Å²) in [5, 5.41) is 8.49. The molecule has 3 amide bonds. The van der Waals surface area contributed by atoms with Crippen molar-refractivity contribution >= 4 is 23.3 Å². The van der Waals surface area contributed by atoms with E-state index in [4.69, 9.17) is 0 Å². The fourth-order valence-electron chi connectivity index (χ4n) is 3.67. The van der Waals surface area contributed by atoms with Gasteiger partial charge in [0.2, 0.25) is 5.91 Å². The van der Waals surface area contributed by atoms with Gasteiger partial charge in [0.25, 0.3) is 0 Å². The van der Waals surface area contributed by atoms with Gasteiger partial charge >= 0.3 is 6.03 Å². The molecular weight excluding hydrogens is 390 g/mol. The zero-order valence-electron chi connectivity index (χ0n) is 18.6. The third kappa shape index (κ3) is 6.46. The minimum Gasteiger partial charge on any atom is -0.369 e. The van der Waals surface area contributed by atoms with Gasteiger partial charge in [0.05, 0.1) is 0 Å².